The quantitative estimate of drug-likeness (QED) is 0.883. The number of amides is 2. The first-order valence-electron chi connectivity index (χ1n) is 6.99. The van der Waals surface area contributed by atoms with Gasteiger partial charge in [-0.2, -0.15) is 0 Å². The molecule has 0 spiro atoms. The third kappa shape index (κ3) is 2.24. The number of carboxylic acid groups (broad SMARTS) is 1. The Balaban J connectivity index is 1.62. The summed E-state index contributed by atoms with van der Waals surface area (Å²) in [4.78, 5) is 25.2. The average molecular weight is 274 g/mol. The van der Waals surface area contributed by atoms with Gasteiger partial charge in [0.05, 0.1) is 5.92 Å². The van der Waals surface area contributed by atoms with E-state index in [1.54, 1.807) is 4.90 Å². The lowest BCUT2D eigenvalue weighted by molar-refractivity contribution is -0.142. The first kappa shape index (κ1) is 13.0. The van der Waals surface area contributed by atoms with Crippen LogP contribution < -0.4 is 5.32 Å². The van der Waals surface area contributed by atoms with Gasteiger partial charge in [0.25, 0.3) is 0 Å². The molecule has 20 heavy (non-hydrogen) atoms. The molecule has 0 saturated carbocycles. The fraction of sp³-hybridized carbons (Fsp3) is 0.467. The fourth-order valence-electron chi connectivity index (χ4n) is 3.44. The third-order valence-electron chi connectivity index (χ3n) is 4.38. The molecule has 2 bridgehead atoms. The Labute approximate surface area is 117 Å². The molecule has 0 radical (unpaired) electrons. The van der Waals surface area contributed by atoms with Crippen molar-refractivity contribution in [3.8, 4) is 0 Å². The van der Waals surface area contributed by atoms with Gasteiger partial charge in [-0.25, -0.2) is 4.79 Å². The summed E-state index contributed by atoms with van der Waals surface area (Å²) in [5.74, 6) is -1.17. The summed E-state index contributed by atoms with van der Waals surface area (Å²) in [5.41, 5.74) is 1.04. The van der Waals surface area contributed by atoms with Crippen molar-refractivity contribution in [1.82, 2.24) is 10.2 Å². The van der Waals surface area contributed by atoms with Crippen molar-refractivity contribution in [2.24, 2.45) is 5.92 Å². The average Bonchev–Trinajstić information content (AvgIpc) is 3.03. The zero-order valence-electron chi connectivity index (χ0n) is 11.2. The number of urea groups is 1. The number of carbonyl (C=O) groups is 2. The number of carboxylic acids is 1. The highest BCUT2D eigenvalue weighted by molar-refractivity contribution is 5.79. The van der Waals surface area contributed by atoms with Crippen LogP contribution in [-0.2, 0) is 11.3 Å². The van der Waals surface area contributed by atoms with E-state index in [9.17, 15) is 14.7 Å². The summed E-state index contributed by atoms with van der Waals surface area (Å²) in [5, 5.41) is 12.1. The van der Waals surface area contributed by atoms with E-state index in [1.165, 1.54) is 0 Å². The van der Waals surface area contributed by atoms with Crippen LogP contribution in [0, 0.1) is 5.92 Å². The number of rotatable bonds is 3. The molecule has 3 rings (SSSR count). The maximum atomic E-state index is 12.3. The van der Waals surface area contributed by atoms with Crippen molar-refractivity contribution in [1.29, 1.82) is 0 Å². The minimum atomic E-state index is -0.780. The second-order valence-electron chi connectivity index (χ2n) is 5.53. The van der Waals surface area contributed by atoms with Crippen molar-refractivity contribution in [3.05, 3.63) is 35.9 Å². The van der Waals surface area contributed by atoms with Crippen LogP contribution in [0.2, 0.25) is 0 Å². The molecule has 106 valence electrons. The molecule has 1 aromatic carbocycles. The van der Waals surface area contributed by atoms with Gasteiger partial charge in [0.15, 0.2) is 0 Å². The molecule has 3 atom stereocenters. The van der Waals surface area contributed by atoms with E-state index in [2.05, 4.69) is 5.32 Å². The number of carbonyl (C=O) groups excluding carboxylic acids is 1. The second-order valence-corrected chi connectivity index (χ2v) is 5.53. The van der Waals surface area contributed by atoms with E-state index in [0.29, 0.717) is 13.0 Å². The van der Waals surface area contributed by atoms with E-state index in [0.717, 1.165) is 18.4 Å². The van der Waals surface area contributed by atoms with Crippen molar-refractivity contribution < 1.29 is 14.7 Å². The summed E-state index contributed by atoms with van der Waals surface area (Å²) in [7, 11) is 0. The molecule has 2 saturated heterocycles. The zero-order chi connectivity index (χ0) is 14.1. The highest BCUT2D eigenvalue weighted by Crippen LogP contribution is 2.41. The van der Waals surface area contributed by atoms with Crippen molar-refractivity contribution in [2.45, 2.75) is 37.9 Å². The van der Waals surface area contributed by atoms with Crippen molar-refractivity contribution >= 4 is 12.0 Å². The standard InChI is InChI=1S/C15H18N2O3/c18-14(19)12-8-11-6-7-13(12)17(11)15(20)16-9-10-4-2-1-3-5-10/h1-5,11-13H,6-9H2,(H,16,20)(H,18,19). The minimum Gasteiger partial charge on any atom is -0.481 e. The summed E-state index contributed by atoms with van der Waals surface area (Å²) < 4.78 is 0. The molecule has 2 aliphatic rings. The van der Waals surface area contributed by atoms with Gasteiger partial charge in [0.1, 0.15) is 0 Å². The van der Waals surface area contributed by atoms with Crippen LogP contribution in [0.5, 0.6) is 0 Å². The van der Waals surface area contributed by atoms with Crippen LogP contribution in [0.3, 0.4) is 0 Å². The van der Waals surface area contributed by atoms with Gasteiger partial charge in [0, 0.05) is 18.6 Å². The lowest BCUT2D eigenvalue weighted by atomic mass is 9.89. The van der Waals surface area contributed by atoms with Gasteiger partial charge in [-0.1, -0.05) is 30.3 Å². The molecule has 1 aromatic rings. The molecule has 3 unspecified atom stereocenters. The van der Waals surface area contributed by atoms with Crippen LogP contribution in [0.25, 0.3) is 0 Å². The molecule has 2 aliphatic heterocycles. The summed E-state index contributed by atoms with van der Waals surface area (Å²) in [6.07, 6.45) is 2.33. The first-order valence-corrected chi connectivity index (χ1v) is 6.99. The number of aliphatic carboxylic acids is 1. The van der Waals surface area contributed by atoms with Gasteiger partial charge in [-0.15, -0.1) is 0 Å². The number of hydrogen-bond acceptors (Lipinski definition) is 2. The topological polar surface area (TPSA) is 69.6 Å². The molecular weight excluding hydrogens is 256 g/mol. The smallest absolute Gasteiger partial charge is 0.318 e. The minimum absolute atomic E-state index is 0.0943. The molecule has 2 amide bonds. The Morgan fingerprint density at radius 2 is 2.00 bits per heavy atom. The number of fused-ring (bicyclic) bond motifs is 2. The first-order chi connectivity index (χ1) is 9.66. The largest absolute Gasteiger partial charge is 0.481 e. The molecule has 2 N–H and O–H groups in total. The van der Waals surface area contributed by atoms with Crippen LogP contribution >= 0.6 is 0 Å². The van der Waals surface area contributed by atoms with Gasteiger partial charge in [0.2, 0.25) is 0 Å². The van der Waals surface area contributed by atoms with E-state index < -0.39 is 11.9 Å². The Kier molecular flexibility index (Phi) is 3.34. The Bertz CT molecular complexity index is 517. The SMILES string of the molecule is O=C(O)C1CC2CCC1N2C(=O)NCc1ccccc1. The Hall–Kier alpha value is -2.04. The molecular formula is C15H18N2O3. The van der Waals surface area contributed by atoms with Gasteiger partial charge in [-0.3, -0.25) is 4.79 Å². The van der Waals surface area contributed by atoms with E-state index in [4.69, 9.17) is 0 Å². The number of hydrogen-bond donors (Lipinski definition) is 2. The summed E-state index contributed by atoms with van der Waals surface area (Å²) in [6.45, 7) is 0.480. The van der Waals surface area contributed by atoms with E-state index in [-0.39, 0.29) is 18.1 Å². The van der Waals surface area contributed by atoms with Crippen LogP contribution in [0.15, 0.2) is 30.3 Å². The number of nitrogens with zero attached hydrogens (tertiary/aromatic N) is 1. The van der Waals surface area contributed by atoms with Crippen molar-refractivity contribution in [3.63, 3.8) is 0 Å². The second kappa shape index (κ2) is 5.15. The fourth-order valence-corrected chi connectivity index (χ4v) is 3.44. The zero-order valence-corrected chi connectivity index (χ0v) is 11.2. The lowest BCUT2D eigenvalue weighted by Gasteiger charge is -2.23. The van der Waals surface area contributed by atoms with Crippen molar-refractivity contribution in [2.75, 3.05) is 0 Å². The molecule has 5 nitrogen and oxygen atoms in total. The third-order valence-corrected chi connectivity index (χ3v) is 4.38. The molecule has 5 heteroatoms. The van der Waals surface area contributed by atoms with Crippen LogP contribution in [-0.4, -0.2) is 34.1 Å². The lowest BCUT2D eigenvalue weighted by Crippen LogP contribution is -2.44. The van der Waals surface area contributed by atoms with Crippen LogP contribution in [0.4, 0.5) is 4.79 Å². The molecule has 0 aliphatic carbocycles. The van der Waals surface area contributed by atoms with E-state index >= 15 is 0 Å². The molecule has 0 aromatic heterocycles. The molecule has 2 heterocycles. The molecule has 2 fully saturated rings. The Morgan fingerprint density at radius 3 is 2.65 bits per heavy atom. The maximum Gasteiger partial charge on any atom is 0.318 e. The summed E-state index contributed by atoms with van der Waals surface area (Å²) >= 11 is 0. The number of benzene rings is 1. The summed E-state index contributed by atoms with van der Waals surface area (Å²) in [6, 6.07) is 9.54. The highest BCUT2D eigenvalue weighted by Gasteiger charge is 2.51. The highest BCUT2D eigenvalue weighted by atomic mass is 16.4. The van der Waals surface area contributed by atoms with Crippen LogP contribution in [0.1, 0.15) is 24.8 Å². The predicted octanol–water partition coefficient (Wildman–Crippen LogP) is 1.83. The van der Waals surface area contributed by atoms with Gasteiger partial charge < -0.3 is 15.3 Å². The predicted molar refractivity (Wildman–Crippen MR) is 73.1 cm³/mol. The Morgan fingerprint density at radius 1 is 1.25 bits per heavy atom. The maximum absolute atomic E-state index is 12.3. The van der Waals surface area contributed by atoms with Gasteiger partial charge >= 0.3 is 12.0 Å². The monoisotopic (exact) mass is 274 g/mol. The normalized spacial score (nSPS) is 27.6. The van der Waals surface area contributed by atoms with Gasteiger partial charge in [-0.05, 0) is 24.8 Å². The van der Waals surface area contributed by atoms with E-state index in [1.807, 2.05) is 30.3 Å². The number of nitrogens with one attached hydrogen (secondary N) is 1.